The third-order valence-electron chi connectivity index (χ3n) is 4.28. The van der Waals surface area contributed by atoms with E-state index in [9.17, 15) is 4.79 Å². The topological polar surface area (TPSA) is 59.9 Å². The first-order valence-electron chi connectivity index (χ1n) is 8.78. The lowest BCUT2D eigenvalue weighted by atomic mass is 10.0. The van der Waals surface area contributed by atoms with Gasteiger partial charge in [-0.25, -0.2) is 0 Å². The molecule has 1 saturated heterocycles. The van der Waals surface area contributed by atoms with Crippen LogP contribution in [0.15, 0.2) is 59.3 Å². The largest absolute Gasteiger partial charge is 0.460 e. The van der Waals surface area contributed by atoms with E-state index in [0.717, 1.165) is 36.1 Å². The molecule has 1 N–H and O–H groups in total. The van der Waals surface area contributed by atoms with E-state index in [1.165, 1.54) is 0 Å². The van der Waals surface area contributed by atoms with Crippen molar-refractivity contribution in [3.63, 3.8) is 0 Å². The molecule has 1 atom stereocenters. The lowest BCUT2D eigenvalue weighted by Gasteiger charge is -2.23. The second kappa shape index (κ2) is 10.6. The first-order valence-corrected chi connectivity index (χ1v) is 8.78. The van der Waals surface area contributed by atoms with Gasteiger partial charge < -0.3 is 9.57 Å². The first-order chi connectivity index (χ1) is 12.3. The Labute approximate surface area is 155 Å². The van der Waals surface area contributed by atoms with Crippen molar-refractivity contribution in [3.8, 4) is 0 Å². The number of nitrogens with one attached hydrogen (secondary N) is 1. The molecule has 140 valence electrons. The van der Waals surface area contributed by atoms with Crippen molar-refractivity contribution in [1.82, 2.24) is 5.32 Å². The molecule has 0 spiro atoms. The summed E-state index contributed by atoms with van der Waals surface area (Å²) >= 11 is 0. The van der Waals surface area contributed by atoms with E-state index in [-0.39, 0.29) is 19.4 Å². The maximum Gasteiger partial charge on any atom is 0.323 e. The molecular formula is C21H28N2O3. The summed E-state index contributed by atoms with van der Waals surface area (Å²) in [5.41, 5.74) is 3.09. The highest BCUT2D eigenvalue weighted by molar-refractivity contribution is 5.89. The summed E-state index contributed by atoms with van der Waals surface area (Å²) in [4.78, 5) is 17.5. The smallest absolute Gasteiger partial charge is 0.323 e. The molecular weight excluding hydrogens is 328 g/mol. The molecule has 1 fully saturated rings. The normalized spacial score (nSPS) is 20.8. The number of piperidine rings is 1. The number of esters is 1. The third-order valence-corrected chi connectivity index (χ3v) is 4.28. The fraction of sp³-hybridized carbons (Fsp3) is 0.429. The highest BCUT2D eigenvalue weighted by Crippen LogP contribution is 2.12. The maximum absolute atomic E-state index is 12.1. The summed E-state index contributed by atoms with van der Waals surface area (Å²) in [5.74, 6) is -0.191. The van der Waals surface area contributed by atoms with E-state index in [1.54, 1.807) is 0 Å². The summed E-state index contributed by atoms with van der Waals surface area (Å²) in [5, 5.41) is 7.36. The molecule has 0 radical (unpaired) electrons. The molecule has 1 heterocycles. The van der Waals surface area contributed by atoms with Gasteiger partial charge in [-0.1, -0.05) is 61.1 Å². The molecule has 0 unspecified atom stereocenters. The van der Waals surface area contributed by atoms with Crippen LogP contribution in [0.3, 0.4) is 0 Å². The molecule has 3 rings (SSSR count). The van der Waals surface area contributed by atoms with Gasteiger partial charge in [0.1, 0.15) is 19.3 Å². The van der Waals surface area contributed by atoms with E-state index in [4.69, 9.17) is 9.57 Å². The van der Waals surface area contributed by atoms with Crippen molar-refractivity contribution in [3.05, 3.63) is 59.7 Å². The molecule has 1 aliphatic carbocycles. The van der Waals surface area contributed by atoms with Gasteiger partial charge in [-0.05, 0) is 36.8 Å². The number of oxime groups is 1. The van der Waals surface area contributed by atoms with Gasteiger partial charge in [-0.2, -0.15) is 0 Å². The van der Waals surface area contributed by atoms with Gasteiger partial charge in [0.2, 0.25) is 0 Å². The van der Waals surface area contributed by atoms with Crippen molar-refractivity contribution in [1.29, 1.82) is 0 Å². The Morgan fingerprint density at radius 1 is 1.19 bits per heavy atom. The third kappa shape index (κ3) is 6.15. The Morgan fingerprint density at radius 3 is 2.73 bits per heavy atom. The van der Waals surface area contributed by atoms with Crippen LogP contribution in [-0.2, 0) is 21.0 Å². The number of benzene rings is 1. The minimum atomic E-state index is -0.263. The summed E-state index contributed by atoms with van der Waals surface area (Å²) < 4.78 is 5.40. The van der Waals surface area contributed by atoms with Crippen molar-refractivity contribution in [2.75, 3.05) is 13.2 Å². The molecule has 5 heteroatoms. The highest BCUT2D eigenvalue weighted by atomic mass is 16.6. The number of ether oxygens (including phenoxy) is 1. The Balaban J connectivity index is 0.00000243. The molecule has 1 aromatic rings. The van der Waals surface area contributed by atoms with Crippen molar-refractivity contribution in [2.45, 2.75) is 45.8 Å². The Bertz CT molecular complexity index is 655. The number of rotatable bonds is 6. The lowest BCUT2D eigenvalue weighted by molar-refractivity contribution is -0.145. The fourth-order valence-electron chi connectivity index (χ4n) is 2.82. The van der Waals surface area contributed by atoms with Crippen LogP contribution in [0.4, 0.5) is 0 Å². The molecule has 26 heavy (non-hydrogen) atoms. The van der Waals surface area contributed by atoms with Crippen LogP contribution in [0, 0.1) is 0 Å². The van der Waals surface area contributed by atoms with Crippen molar-refractivity contribution < 1.29 is 14.4 Å². The number of hydrogen-bond acceptors (Lipinski definition) is 5. The highest BCUT2D eigenvalue weighted by Gasteiger charge is 2.25. The summed E-state index contributed by atoms with van der Waals surface area (Å²) in [7, 11) is 0. The molecule has 1 aromatic carbocycles. The average molecular weight is 356 g/mol. The molecule has 0 amide bonds. The summed E-state index contributed by atoms with van der Waals surface area (Å²) in [6, 6.07) is 9.67. The Hall–Kier alpha value is -2.40. The number of hydrogen-bond donors (Lipinski definition) is 1. The van der Waals surface area contributed by atoms with Crippen LogP contribution in [0.5, 0.6) is 0 Å². The standard InChI is InChI=1S/C20H24N2O3.CH4/c23-20(24-14-16-7-3-1-4-8-16)19-12-11-18(13-21-19)22-25-15-17-9-5-2-6-10-17;/h2-3,5-10,19,21H,1,4,11-15H2;1H4/b22-18-;/t19-;/m0./s1. The Morgan fingerprint density at radius 2 is 2.04 bits per heavy atom. The van der Waals surface area contributed by atoms with Crippen LogP contribution in [0.25, 0.3) is 0 Å². The second-order valence-corrected chi connectivity index (χ2v) is 6.26. The van der Waals surface area contributed by atoms with Gasteiger partial charge in [-0.15, -0.1) is 0 Å². The van der Waals surface area contributed by atoms with E-state index in [1.807, 2.05) is 36.4 Å². The first kappa shape index (κ1) is 19.9. The zero-order valence-corrected chi connectivity index (χ0v) is 14.3. The summed E-state index contributed by atoms with van der Waals surface area (Å²) in [6.07, 6.45) is 9.77. The van der Waals surface area contributed by atoms with Crippen molar-refractivity contribution in [2.24, 2.45) is 5.16 Å². The molecule has 0 bridgehead atoms. The maximum atomic E-state index is 12.1. The number of carbonyl (C=O) groups excluding carboxylic acids is 1. The van der Waals surface area contributed by atoms with Gasteiger partial charge in [0, 0.05) is 6.54 Å². The zero-order valence-electron chi connectivity index (χ0n) is 14.3. The van der Waals surface area contributed by atoms with E-state index >= 15 is 0 Å². The predicted molar refractivity (Wildman–Crippen MR) is 104 cm³/mol. The van der Waals surface area contributed by atoms with Crippen LogP contribution < -0.4 is 5.32 Å². The second-order valence-electron chi connectivity index (χ2n) is 6.26. The Kier molecular flexibility index (Phi) is 8.09. The quantitative estimate of drug-likeness (QED) is 0.623. The predicted octanol–water partition coefficient (Wildman–Crippen LogP) is 3.77. The fourth-order valence-corrected chi connectivity index (χ4v) is 2.82. The van der Waals surface area contributed by atoms with Crippen molar-refractivity contribution >= 4 is 11.7 Å². The molecule has 0 aromatic heterocycles. The van der Waals surface area contributed by atoms with E-state index < -0.39 is 0 Å². The molecule has 0 saturated carbocycles. The number of nitrogens with zero attached hydrogens (tertiary/aromatic N) is 1. The van der Waals surface area contributed by atoms with Gasteiger partial charge in [0.25, 0.3) is 0 Å². The van der Waals surface area contributed by atoms with Gasteiger partial charge in [0.15, 0.2) is 0 Å². The molecule has 5 nitrogen and oxygen atoms in total. The SMILES string of the molecule is C.O=C(OCC1=CCCC=C1)[C@@H]1CC/C(=N/OCc2ccccc2)CN1. The van der Waals surface area contributed by atoms with Crippen LogP contribution in [-0.4, -0.2) is 30.9 Å². The van der Waals surface area contributed by atoms with E-state index in [0.29, 0.717) is 26.2 Å². The van der Waals surface area contributed by atoms with Crippen LogP contribution in [0.2, 0.25) is 0 Å². The lowest BCUT2D eigenvalue weighted by Crippen LogP contribution is -2.45. The van der Waals surface area contributed by atoms with E-state index in [2.05, 4.69) is 22.6 Å². The minimum absolute atomic E-state index is 0. The zero-order chi connectivity index (χ0) is 17.3. The summed E-state index contributed by atoms with van der Waals surface area (Å²) in [6.45, 7) is 1.37. The molecule has 1 aliphatic heterocycles. The number of allylic oxidation sites excluding steroid dienone is 2. The van der Waals surface area contributed by atoms with Gasteiger partial charge in [-0.3, -0.25) is 10.1 Å². The van der Waals surface area contributed by atoms with Crippen LogP contribution >= 0.6 is 0 Å². The monoisotopic (exact) mass is 356 g/mol. The minimum Gasteiger partial charge on any atom is -0.460 e. The van der Waals surface area contributed by atoms with Crippen LogP contribution in [0.1, 0.15) is 38.7 Å². The number of carbonyl (C=O) groups is 1. The molecule has 2 aliphatic rings. The van der Waals surface area contributed by atoms with Gasteiger partial charge >= 0.3 is 5.97 Å². The van der Waals surface area contributed by atoms with Gasteiger partial charge in [0.05, 0.1) is 5.71 Å². The average Bonchev–Trinajstić information content (AvgIpc) is 2.68.